The number of tetrazole rings is 1. The van der Waals surface area contributed by atoms with E-state index in [-0.39, 0.29) is 0 Å². The van der Waals surface area contributed by atoms with Gasteiger partial charge in [-0.25, -0.2) is 9.67 Å². The quantitative estimate of drug-likeness (QED) is 0.393. The molecular weight excluding hydrogens is 414 g/mol. The Morgan fingerprint density at radius 1 is 1.11 bits per heavy atom. The summed E-state index contributed by atoms with van der Waals surface area (Å²) in [5.41, 5.74) is 3.17. The highest BCUT2D eigenvalue weighted by Gasteiger charge is 2.10. The average Bonchev–Trinajstić information content (AvgIpc) is 3.37. The molecule has 2 aromatic carbocycles. The van der Waals surface area contributed by atoms with Gasteiger partial charge in [-0.3, -0.25) is 0 Å². The van der Waals surface area contributed by atoms with Gasteiger partial charge in [-0.1, -0.05) is 47.6 Å². The van der Waals surface area contributed by atoms with Crippen LogP contribution in [0.15, 0.2) is 59.1 Å². The second-order valence-electron chi connectivity index (χ2n) is 5.91. The molecule has 0 amide bonds. The standard InChI is InChI=1S/C19H16ClN5OS2/c1-26-17-8-2-13(3-9-17)10-25-19(22-23-24-25)28-12-16-11-27-18(21-16)14-4-6-15(20)7-5-14/h2-9,11H,10,12H2,1H3. The summed E-state index contributed by atoms with van der Waals surface area (Å²) in [4.78, 5) is 4.71. The second-order valence-corrected chi connectivity index (χ2v) is 8.14. The molecule has 4 rings (SSSR count). The third-order valence-corrected chi connectivity index (χ3v) is 6.17. The summed E-state index contributed by atoms with van der Waals surface area (Å²) in [5.74, 6) is 1.53. The van der Waals surface area contributed by atoms with Crippen LogP contribution in [0.4, 0.5) is 0 Å². The van der Waals surface area contributed by atoms with Crippen LogP contribution in [0.2, 0.25) is 5.02 Å². The molecule has 28 heavy (non-hydrogen) atoms. The maximum Gasteiger partial charge on any atom is 0.210 e. The zero-order valence-corrected chi connectivity index (χ0v) is 17.3. The maximum absolute atomic E-state index is 5.95. The first-order valence-electron chi connectivity index (χ1n) is 8.43. The van der Waals surface area contributed by atoms with Crippen LogP contribution >= 0.6 is 34.7 Å². The zero-order chi connectivity index (χ0) is 19.3. The highest BCUT2D eigenvalue weighted by Crippen LogP contribution is 2.28. The Balaban J connectivity index is 1.40. The van der Waals surface area contributed by atoms with E-state index in [1.54, 1.807) is 34.9 Å². The van der Waals surface area contributed by atoms with E-state index in [1.807, 2.05) is 48.5 Å². The Bertz CT molecular complexity index is 1050. The van der Waals surface area contributed by atoms with E-state index in [2.05, 4.69) is 20.9 Å². The molecule has 0 saturated heterocycles. The smallest absolute Gasteiger partial charge is 0.210 e. The maximum atomic E-state index is 5.95. The number of ether oxygens (including phenoxy) is 1. The first-order chi connectivity index (χ1) is 13.7. The molecule has 0 N–H and O–H groups in total. The van der Waals surface area contributed by atoms with Gasteiger partial charge in [-0.2, -0.15) is 0 Å². The molecule has 6 nitrogen and oxygen atoms in total. The minimum atomic E-state index is 0.604. The summed E-state index contributed by atoms with van der Waals surface area (Å²) in [6.45, 7) is 0.604. The van der Waals surface area contributed by atoms with Crippen molar-refractivity contribution >= 4 is 34.7 Å². The third-order valence-electron chi connectivity index (χ3n) is 3.98. The molecule has 4 aromatic rings. The number of nitrogens with zero attached hydrogens (tertiary/aromatic N) is 5. The number of rotatable bonds is 7. The van der Waals surface area contributed by atoms with Gasteiger partial charge < -0.3 is 4.74 Å². The summed E-state index contributed by atoms with van der Waals surface area (Å²) in [7, 11) is 1.65. The molecule has 0 radical (unpaired) electrons. The van der Waals surface area contributed by atoms with Crippen LogP contribution in [0.5, 0.6) is 5.75 Å². The first kappa shape index (κ1) is 18.9. The fraction of sp³-hybridized carbons (Fsp3) is 0.158. The Morgan fingerprint density at radius 3 is 2.64 bits per heavy atom. The van der Waals surface area contributed by atoms with Gasteiger partial charge in [0.05, 0.1) is 19.3 Å². The van der Waals surface area contributed by atoms with Crippen LogP contribution in [-0.2, 0) is 12.3 Å². The van der Waals surface area contributed by atoms with Crippen molar-refractivity contribution in [2.24, 2.45) is 0 Å². The van der Waals surface area contributed by atoms with Crippen molar-refractivity contribution in [3.05, 3.63) is 70.2 Å². The predicted octanol–water partition coefficient (Wildman–Crippen LogP) is 4.80. The van der Waals surface area contributed by atoms with Crippen LogP contribution in [0.3, 0.4) is 0 Å². The summed E-state index contributed by atoms with van der Waals surface area (Å²) in [6, 6.07) is 15.6. The van der Waals surface area contributed by atoms with E-state index in [9.17, 15) is 0 Å². The Morgan fingerprint density at radius 2 is 1.89 bits per heavy atom. The summed E-state index contributed by atoms with van der Waals surface area (Å²) < 4.78 is 6.98. The molecule has 0 spiro atoms. The zero-order valence-electron chi connectivity index (χ0n) is 14.9. The molecule has 2 heterocycles. The van der Waals surface area contributed by atoms with Crippen molar-refractivity contribution in [1.29, 1.82) is 0 Å². The van der Waals surface area contributed by atoms with Crippen LogP contribution in [0.1, 0.15) is 11.3 Å². The number of halogens is 1. The molecule has 2 aromatic heterocycles. The lowest BCUT2D eigenvalue weighted by Crippen LogP contribution is -2.04. The Kier molecular flexibility index (Phi) is 5.90. The number of hydrogen-bond acceptors (Lipinski definition) is 7. The lowest BCUT2D eigenvalue weighted by molar-refractivity contribution is 0.414. The van der Waals surface area contributed by atoms with Gasteiger partial charge in [0.15, 0.2) is 0 Å². The highest BCUT2D eigenvalue weighted by atomic mass is 35.5. The van der Waals surface area contributed by atoms with E-state index in [0.717, 1.165) is 37.8 Å². The van der Waals surface area contributed by atoms with Crippen LogP contribution in [0.25, 0.3) is 10.6 Å². The van der Waals surface area contributed by atoms with Crippen molar-refractivity contribution in [2.75, 3.05) is 7.11 Å². The Labute approximate surface area is 175 Å². The summed E-state index contributed by atoms with van der Waals surface area (Å²) in [6.07, 6.45) is 0. The van der Waals surface area contributed by atoms with Gasteiger partial charge >= 0.3 is 0 Å². The molecule has 0 aliphatic heterocycles. The van der Waals surface area contributed by atoms with Gasteiger partial charge in [-0.05, 0) is 40.3 Å². The molecule has 0 saturated carbocycles. The number of hydrogen-bond donors (Lipinski definition) is 0. The minimum Gasteiger partial charge on any atom is -0.497 e. The molecule has 0 aliphatic carbocycles. The topological polar surface area (TPSA) is 65.7 Å². The number of benzene rings is 2. The van der Waals surface area contributed by atoms with Crippen molar-refractivity contribution in [2.45, 2.75) is 17.5 Å². The van der Waals surface area contributed by atoms with E-state index >= 15 is 0 Å². The first-order valence-corrected chi connectivity index (χ1v) is 10.7. The third kappa shape index (κ3) is 4.52. The highest BCUT2D eigenvalue weighted by molar-refractivity contribution is 7.98. The van der Waals surface area contributed by atoms with Crippen LogP contribution < -0.4 is 4.74 Å². The average molecular weight is 430 g/mol. The molecule has 0 atom stereocenters. The lowest BCUT2D eigenvalue weighted by Gasteiger charge is -2.05. The summed E-state index contributed by atoms with van der Waals surface area (Å²) >= 11 is 9.14. The SMILES string of the molecule is COc1ccc(Cn2nnnc2SCc2csc(-c3ccc(Cl)cc3)n2)cc1. The molecule has 0 bridgehead atoms. The second kappa shape index (κ2) is 8.72. The minimum absolute atomic E-state index is 0.604. The fourth-order valence-corrected chi connectivity index (χ4v) is 4.37. The van der Waals surface area contributed by atoms with Crippen molar-refractivity contribution in [3.63, 3.8) is 0 Å². The predicted molar refractivity (Wildman–Crippen MR) is 112 cm³/mol. The molecule has 142 valence electrons. The van der Waals surface area contributed by atoms with Gasteiger partial charge in [0.1, 0.15) is 10.8 Å². The van der Waals surface area contributed by atoms with Crippen molar-refractivity contribution < 1.29 is 4.74 Å². The number of thioether (sulfide) groups is 1. The molecule has 0 unspecified atom stereocenters. The molecular formula is C19H16ClN5OS2. The molecule has 0 fully saturated rings. The van der Waals surface area contributed by atoms with Crippen molar-refractivity contribution in [3.8, 4) is 16.3 Å². The van der Waals surface area contributed by atoms with Gasteiger partial charge in [-0.15, -0.1) is 16.4 Å². The number of thiazole rings is 1. The van der Waals surface area contributed by atoms with Crippen LogP contribution in [0, 0.1) is 0 Å². The molecule has 9 heteroatoms. The Hall–Kier alpha value is -2.42. The van der Waals surface area contributed by atoms with Gasteiger partial charge in [0, 0.05) is 21.7 Å². The lowest BCUT2D eigenvalue weighted by atomic mass is 10.2. The van der Waals surface area contributed by atoms with E-state index in [1.165, 1.54) is 0 Å². The van der Waals surface area contributed by atoms with E-state index < -0.39 is 0 Å². The van der Waals surface area contributed by atoms with E-state index in [4.69, 9.17) is 21.3 Å². The number of methoxy groups -OCH3 is 1. The van der Waals surface area contributed by atoms with E-state index in [0.29, 0.717) is 12.3 Å². The van der Waals surface area contributed by atoms with Gasteiger partial charge in [0.25, 0.3) is 0 Å². The monoisotopic (exact) mass is 429 g/mol. The largest absolute Gasteiger partial charge is 0.497 e. The number of aromatic nitrogens is 5. The summed E-state index contributed by atoms with van der Waals surface area (Å²) in [5, 5.41) is 16.6. The molecule has 0 aliphatic rings. The normalized spacial score (nSPS) is 10.9. The van der Waals surface area contributed by atoms with Crippen molar-refractivity contribution in [1.82, 2.24) is 25.2 Å². The fourth-order valence-electron chi connectivity index (χ4n) is 2.54. The van der Waals surface area contributed by atoms with Gasteiger partial charge in [0.2, 0.25) is 5.16 Å². The van der Waals surface area contributed by atoms with Crippen LogP contribution in [-0.4, -0.2) is 32.3 Å².